The maximum atomic E-state index is 10.6. The van der Waals surface area contributed by atoms with Crippen molar-refractivity contribution in [3.63, 3.8) is 0 Å². The molecule has 0 heterocycles. The molecule has 0 rings (SSSR count). The molecule has 3 atom stereocenters. The topological polar surface area (TPSA) is 46.5 Å². The summed E-state index contributed by atoms with van der Waals surface area (Å²) in [6.07, 6.45) is 4.07. The van der Waals surface area contributed by atoms with Gasteiger partial charge in [-0.05, 0) is 32.1 Å². The van der Waals surface area contributed by atoms with Crippen LogP contribution in [0, 0.1) is 11.8 Å². The summed E-state index contributed by atoms with van der Waals surface area (Å²) in [5.74, 6) is -0.380. The number of ether oxygens (including phenoxy) is 1. The second-order valence-corrected chi connectivity index (χ2v) is 4.85. The van der Waals surface area contributed by atoms with Crippen LogP contribution in [0.2, 0.25) is 0 Å². The molecule has 0 saturated carbocycles. The van der Waals surface area contributed by atoms with Gasteiger partial charge >= 0.3 is 5.97 Å². The van der Waals surface area contributed by atoms with E-state index in [0.717, 1.165) is 13.0 Å². The first-order chi connectivity index (χ1) is 7.47. The van der Waals surface area contributed by atoms with Gasteiger partial charge in [-0.3, -0.25) is 4.79 Å². The third-order valence-electron chi connectivity index (χ3n) is 2.87. The molecule has 0 aromatic heterocycles. The fourth-order valence-corrected chi connectivity index (χ4v) is 1.60. The van der Waals surface area contributed by atoms with Crippen molar-refractivity contribution < 1.29 is 14.6 Å². The molecule has 3 nitrogen and oxygen atoms in total. The lowest BCUT2D eigenvalue weighted by molar-refractivity contribution is -0.141. The molecular formula is C13H26O3. The Morgan fingerprint density at radius 1 is 1.19 bits per heavy atom. The van der Waals surface area contributed by atoms with Gasteiger partial charge in [0.2, 0.25) is 0 Å². The van der Waals surface area contributed by atoms with E-state index in [1.54, 1.807) is 6.92 Å². The van der Waals surface area contributed by atoms with E-state index >= 15 is 0 Å². The van der Waals surface area contributed by atoms with Crippen LogP contribution >= 0.6 is 0 Å². The van der Waals surface area contributed by atoms with Crippen LogP contribution in [0.15, 0.2) is 0 Å². The quantitative estimate of drug-likeness (QED) is 0.661. The molecule has 0 saturated heterocycles. The van der Waals surface area contributed by atoms with Gasteiger partial charge in [0, 0.05) is 6.61 Å². The summed E-state index contributed by atoms with van der Waals surface area (Å²) >= 11 is 0. The molecular weight excluding hydrogens is 204 g/mol. The molecule has 0 bridgehead atoms. The van der Waals surface area contributed by atoms with Gasteiger partial charge < -0.3 is 9.84 Å². The van der Waals surface area contributed by atoms with E-state index in [-0.39, 0.29) is 12.0 Å². The van der Waals surface area contributed by atoms with Crippen LogP contribution in [0.25, 0.3) is 0 Å². The third kappa shape index (κ3) is 7.69. The summed E-state index contributed by atoms with van der Waals surface area (Å²) in [6.45, 7) is 8.92. The van der Waals surface area contributed by atoms with Crippen LogP contribution in [-0.4, -0.2) is 23.8 Å². The Morgan fingerprint density at radius 2 is 1.81 bits per heavy atom. The zero-order valence-electron chi connectivity index (χ0n) is 11.0. The number of hydrogen-bond acceptors (Lipinski definition) is 2. The number of carbonyl (C=O) groups is 1. The summed E-state index contributed by atoms with van der Waals surface area (Å²) in [5.41, 5.74) is 0. The number of hydrogen-bond donors (Lipinski definition) is 1. The van der Waals surface area contributed by atoms with Gasteiger partial charge in [-0.2, -0.15) is 0 Å². The molecule has 0 radical (unpaired) electrons. The van der Waals surface area contributed by atoms with Gasteiger partial charge in [-0.1, -0.05) is 27.2 Å². The summed E-state index contributed by atoms with van der Waals surface area (Å²) in [6, 6.07) is 0. The predicted molar refractivity (Wildman–Crippen MR) is 65.5 cm³/mol. The summed E-state index contributed by atoms with van der Waals surface area (Å²) in [4.78, 5) is 10.6. The van der Waals surface area contributed by atoms with Crippen molar-refractivity contribution in [1.82, 2.24) is 0 Å². The SMILES string of the molecule is CCCC(C)COC(C)CCC(C)C(=O)O. The number of carboxylic acids is 1. The first kappa shape index (κ1) is 15.4. The minimum Gasteiger partial charge on any atom is -0.481 e. The third-order valence-corrected chi connectivity index (χ3v) is 2.87. The molecule has 0 spiro atoms. The Hall–Kier alpha value is -0.570. The van der Waals surface area contributed by atoms with Crippen LogP contribution in [0.3, 0.4) is 0 Å². The maximum absolute atomic E-state index is 10.6. The Morgan fingerprint density at radius 3 is 2.31 bits per heavy atom. The molecule has 96 valence electrons. The molecule has 0 aromatic carbocycles. The summed E-state index contributed by atoms with van der Waals surface area (Å²) < 4.78 is 5.69. The van der Waals surface area contributed by atoms with E-state index in [9.17, 15) is 4.79 Å². The highest BCUT2D eigenvalue weighted by Crippen LogP contribution is 2.12. The molecule has 3 unspecified atom stereocenters. The first-order valence-electron chi connectivity index (χ1n) is 6.31. The summed E-state index contributed by atoms with van der Waals surface area (Å²) in [5, 5.41) is 8.74. The van der Waals surface area contributed by atoms with Crippen molar-refractivity contribution in [2.45, 2.75) is 59.5 Å². The molecule has 0 aliphatic carbocycles. The highest BCUT2D eigenvalue weighted by atomic mass is 16.5. The van der Waals surface area contributed by atoms with Gasteiger partial charge in [0.1, 0.15) is 0 Å². The molecule has 16 heavy (non-hydrogen) atoms. The van der Waals surface area contributed by atoms with E-state index in [2.05, 4.69) is 13.8 Å². The Kier molecular flexibility index (Phi) is 8.26. The lowest BCUT2D eigenvalue weighted by Gasteiger charge is -2.17. The van der Waals surface area contributed by atoms with Crippen LogP contribution in [0.1, 0.15) is 53.4 Å². The maximum Gasteiger partial charge on any atom is 0.306 e. The Balaban J connectivity index is 3.58. The second kappa shape index (κ2) is 8.57. The van der Waals surface area contributed by atoms with Crippen molar-refractivity contribution in [2.24, 2.45) is 11.8 Å². The predicted octanol–water partition coefficient (Wildman–Crippen LogP) is 3.33. The average molecular weight is 230 g/mol. The van der Waals surface area contributed by atoms with Crippen LogP contribution in [-0.2, 0) is 9.53 Å². The van der Waals surface area contributed by atoms with E-state index in [1.165, 1.54) is 12.8 Å². The largest absolute Gasteiger partial charge is 0.481 e. The minimum atomic E-state index is -0.716. The monoisotopic (exact) mass is 230 g/mol. The van der Waals surface area contributed by atoms with Crippen LogP contribution in [0.4, 0.5) is 0 Å². The molecule has 0 fully saturated rings. The highest BCUT2D eigenvalue weighted by Gasteiger charge is 2.13. The van der Waals surface area contributed by atoms with Crippen molar-refractivity contribution in [2.75, 3.05) is 6.61 Å². The molecule has 0 amide bonds. The fourth-order valence-electron chi connectivity index (χ4n) is 1.60. The van der Waals surface area contributed by atoms with E-state index in [0.29, 0.717) is 12.3 Å². The fraction of sp³-hybridized carbons (Fsp3) is 0.923. The lowest BCUT2D eigenvalue weighted by atomic mass is 10.0. The van der Waals surface area contributed by atoms with Gasteiger partial charge in [-0.25, -0.2) is 0 Å². The van der Waals surface area contributed by atoms with E-state index in [4.69, 9.17) is 9.84 Å². The number of carboxylic acid groups (broad SMARTS) is 1. The van der Waals surface area contributed by atoms with Crippen molar-refractivity contribution in [3.05, 3.63) is 0 Å². The standard InChI is InChI=1S/C13H26O3/c1-5-6-10(2)9-16-12(4)8-7-11(3)13(14)15/h10-12H,5-9H2,1-4H3,(H,14,15). The van der Waals surface area contributed by atoms with Gasteiger partial charge in [-0.15, -0.1) is 0 Å². The van der Waals surface area contributed by atoms with Crippen LogP contribution < -0.4 is 0 Å². The zero-order chi connectivity index (χ0) is 12.6. The zero-order valence-corrected chi connectivity index (χ0v) is 11.0. The summed E-state index contributed by atoms with van der Waals surface area (Å²) in [7, 11) is 0. The number of rotatable bonds is 9. The molecule has 0 aliphatic heterocycles. The minimum absolute atomic E-state index is 0.168. The van der Waals surface area contributed by atoms with Crippen molar-refractivity contribution in [3.8, 4) is 0 Å². The first-order valence-corrected chi connectivity index (χ1v) is 6.31. The molecule has 0 aromatic rings. The van der Waals surface area contributed by atoms with E-state index < -0.39 is 5.97 Å². The highest BCUT2D eigenvalue weighted by molar-refractivity contribution is 5.69. The molecule has 1 N–H and O–H groups in total. The Labute approximate surface area is 99.2 Å². The van der Waals surface area contributed by atoms with Crippen LogP contribution in [0.5, 0.6) is 0 Å². The van der Waals surface area contributed by atoms with Gasteiger partial charge in [0.15, 0.2) is 0 Å². The van der Waals surface area contributed by atoms with Crippen molar-refractivity contribution >= 4 is 5.97 Å². The molecule has 3 heteroatoms. The smallest absolute Gasteiger partial charge is 0.306 e. The van der Waals surface area contributed by atoms with Gasteiger partial charge in [0.05, 0.1) is 12.0 Å². The molecule has 0 aliphatic rings. The second-order valence-electron chi connectivity index (χ2n) is 4.85. The lowest BCUT2D eigenvalue weighted by Crippen LogP contribution is -2.17. The number of aliphatic carboxylic acids is 1. The van der Waals surface area contributed by atoms with Crippen molar-refractivity contribution in [1.29, 1.82) is 0 Å². The van der Waals surface area contributed by atoms with Gasteiger partial charge in [0.25, 0.3) is 0 Å². The normalized spacial score (nSPS) is 16.8. The average Bonchev–Trinajstić information content (AvgIpc) is 2.23. The van der Waals surface area contributed by atoms with E-state index in [1.807, 2.05) is 6.92 Å². The Bertz CT molecular complexity index is 192.